The van der Waals surface area contributed by atoms with Gasteiger partial charge in [0.1, 0.15) is 22.8 Å². The lowest BCUT2D eigenvalue weighted by atomic mass is 9.90. The van der Waals surface area contributed by atoms with Gasteiger partial charge in [-0.2, -0.15) is 0 Å². The van der Waals surface area contributed by atoms with Crippen molar-refractivity contribution in [1.29, 1.82) is 0 Å². The van der Waals surface area contributed by atoms with E-state index in [4.69, 9.17) is 9.97 Å². The van der Waals surface area contributed by atoms with Crippen LogP contribution in [0.5, 0.6) is 0 Å². The molecule has 0 saturated heterocycles. The molecule has 4 aromatic heterocycles. The summed E-state index contributed by atoms with van der Waals surface area (Å²) in [5, 5.41) is 4.96. The fourth-order valence-corrected chi connectivity index (χ4v) is 14.1. The van der Waals surface area contributed by atoms with Crippen LogP contribution in [-0.2, 0) is 34.6 Å². The molecule has 0 amide bonds. The maximum atomic E-state index is 4.80. The number of benzene rings is 8. The Morgan fingerprint density at radius 1 is 0.326 bits per heavy atom. The highest BCUT2D eigenvalue weighted by Crippen LogP contribution is 2.37. The van der Waals surface area contributed by atoms with E-state index in [1.54, 1.807) is 0 Å². The smallest absolute Gasteiger partial charge is 0.232 e. The van der Waals surface area contributed by atoms with Crippen molar-refractivity contribution in [3.8, 4) is 45.0 Å². The average molecular weight is 1260 g/mol. The number of rotatable bonds is 15. The maximum Gasteiger partial charge on any atom is 0.287 e. The van der Waals surface area contributed by atoms with E-state index in [-0.39, 0.29) is 0 Å². The van der Waals surface area contributed by atoms with E-state index in [0.717, 1.165) is 41.3 Å². The topological polar surface area (TPSA) is 67.1 Å². The minimum absolute atomic E-state index is 0.570. The lowest BCUT2D eigenvalue weighted by Gasteiger charge is -2.15. The zero-order valence-corrected chi connectivity index (χ0v) is 61.0. The zero-order chi connectivity index (χ0) is 68.4. The van der Waals surface area contributed by atoms with Gasteiger partial charge in [-0.3, -0.25) is 0 Å². The highest BCUT2D eigenvalue weighted by molar-refractivity contribution is 5.95. The Kier molecular flexibility index (Phi) is 23.4. The number of fused-ring (bicyclic) bond motifs is 4. The van der Waals surface area contributed by atoms with Crippen molar-refractivity contribution >= 4 is 43.6 Å². The Balaban J connectivity index is 0.000000149. The number of aromatic nitrogens is 8. The SMILES string of the molecule is CCC(CC)c1ccc2c(-c3cc(C)ccc3C)[n+](C)cnc2c1.CCC(CC)c1ccc2nc[n+](C)c(-c3cc(C)ccc3C)c2c1.CCC(CC)c1cccc2c(-c3cc(C)ccc3C)[n+](C)cnc12.Cc1ccc(C)c(-c2c3cc(CC(C)C)ccc3nc[n+]2C)c1. The summed E-state index contributed by atoms with van der Waals surface area (Å²) in [6.45, 7) is 35.5. The fraction of sp³-hybridized carbons (Fsp3) is 0.356. The van der Waals surface area contributed by atoms with Crippen LogP contribution in [0.4, 0.5) is 0 Å². The molecule has 4 heterocycles. The number of aryl methyl sites for hydroxylation is 12. The summed E-state index contributed by atoms with van der Waals surface area (Å²) < 4.78 is 8.59. The summed E-state index contributed by atoms with van der Waals surface area (Å²) in [5.41, 5.74) is 30.5. The second-order valence-electron chi connectivity index (χ2n) is 27.4. The number of hydrogen-bond donors (Lipinski definition) is 0. The molecule has 8 nitrogen and oxygen atoms in total. The van der Waals surface area contributed by atoms with Crippen molar-refractivity contribution in [3.63, 3.8) is 0 Å². The van der Waals surface area contributed by atoms with Crippen molar-refractivity contribution in [1.82, 2.24) is 19.9 Å². The lowest BCUT2D eigenvalue weighted by molar-refractivity contribution is -0.662. The molecule has 0 N–H and O–H groups in total. The fourth-order valence-electron chi connectivity index (χ4n) is 14.1. The van der Waals surface area contributed by atoms with E-state index in [1.807, 2.05) is 25.3 Å². The van der Waals surface area contributed by atoms with E-state index in [9.17, 15) is 0 Å². The molecule has 8 aromatic carbocycles. The third-order valence-corrected chi connectivity index (χ3v) is 19.6. The monoisotopic (exact) mass is 1260 g/mol. The Hall–Kier alpha value is -8.88. The van der Waals surface area contributed by atoms with Crippen molar-refractivity contribution in [2.75, 3.05) is 0 Å². The van der Waals surface area contributed by atoms with Crippen LogP contribution in [-0.4, -0.2) is 19.9 Å². The Bertz CT molecular complexity index is 4610. The summed E-state index contributed by atoms with van der Waals surface area (Å²) in [4.78, 5) is 18.7. The van der Waals surface area contributed by atoms with Crippen LogP contribution in [0.2, 0.25) is 0 Å². The molecule has 0 aliphatic rings. The van der Waals surface area contributed by atoms with Crippen molar-refractivity contribution in [2.24, 2.45) is 34.1 Å². The minimum atomic E-state index is 0.570. The first-order valence-corrected chi connectivity index (χ1v) is 35.0. The van der Waals surface area contributed by atoms with Crippen molar-refractivity contribution in [3.05, 3.63) is 238 Å². The van der Waals surface area contributed by atoms with Crippen LogP contribution >= 0.6 is 0 Å². The quantitative estimate of drug-likeness (QED) is 0.0960. The average Bonchev–Trinajstić information content (AvgIpc) is 0.795. The first-order valence-electron chi connectivity index (χ1n) is 35.0. The van der Waals surface area contributed by atoms with E-state index < -0.39 is 0 Å². The molecular formula is C87H106N8+4. The Morgan fingerprint density at radius 2 is 0.695 bits per heavy atom. The first-order chi connectivity index (χ1) is 45.6. The summed E-state index contributed by atoms with van der Waals surface area (Å²) >= 11 is 0. The molecule has 0 fully saturated rings. The van der Waals surface area contributed by atoms with Gasteiger partial charge in [0.25, 0.3) is 25.3 Å². The Labute approximate surface area is 568 Å². The highest BCUT2D eigenvalue weighted by atomic mass is 15.0. The lowest BCUT2D eigenvalue weighted by Crippen LogP contribution is -2.32. The van der Waals surface area contributed by atoms with Gasteiger partial charge in [0, 0.05) is 27.8 Å². The highest BCUT2D eigenvalue weighted by Gasteiger charge is 2.25. The normalized spacial score (nSPS) is 11.4. The van der Waals surface area contributed by atoms with E-state index >= 15 is 0 Å². The molecular weight excluding hydrogens is 1160 g/mol. The van der Waals surface area contributed by atoms with Crippen LogP contribution in [0.25, 0.3) is 88.6 Å². The van der Waals surface area contributed by atoms with Gasteiger partial charge in [0.15, 0.2) is 22.1 Å². The van der Waals surface area contributed by atoms with Gasteiger partial charge in [-0.1, -0.05) is 157 Å². The number of nitrogens with zero attached hydrogens (tertiary/aromatic N) is 8. The molecule has 0 radical (unpaired) electrons. The van der Waals surface area contributed by atoms with Crippen molar-refractivity contribution < 1.29 is 18.3 Å². The van der Waals surface area contributed by atoms with Crippen LogP contribution in [0.3, 0.4) is 0 Å². The molecule has 0 spiro atoms. The summed E-state index contributed by atoms with van der Waals surface area (Å²) in [5.74, 6) is 2.46. The third kappa shape index (κ3) is 15.9. The van der Waals surface area contributed by atoms with Gasteiger partial charge in [-0.05, 0) is 250 Å². The van der Waals surface area contributed by atoms with Gasteiger partial charge >= 0.3 is 0 Å². The number of hydrogen-bond acceptors (Lipinski definition) is 4. The molecule has 0 bridgehead atoms. The van der Waals surface area contributed by atoms with Crippen LogP contribution in [0, 0.1) is 61.3 Å². The van der Waals surface area contributed by atoms with Gasteiger partial charge in [-0.15, -0.1) is 0 Å². The second-order valence-corrected chi connectivity index (χ2v) is 27.4. The molecule has 12 rings (SSSR count). The predicted octanol–water partition coefficient (Wildman–Crippen LogP) is 20.3. The van der Waals surface area contributed by atoms with Crippen molar-refractivity contribution in [2.45, 2.75) is 173 Å². The minimum Gasteiger partial charge on any atom is -0.232 e. The van der Waals surface area contributed by atoms with E-state index in [2.05, 4.69) is 313 Å². The van der Waals surface area contributed by atoms with Gasteiger partial charge in [0.2, 0.25) is 0 Å². The first kappa shape index (κ1) is 70.4. The standard InChI is InChI=1S/3C22H27N2.C21H25N2/c1-6-17(7-2)18-10-11-21-20(13-18)22(24(5)14-23-21)19-12-15(3)8-9-16(19)4;1-6-17(7-2)18-10-11-19-21(13-18)23-14-24(5)22(19)20-12-15(3)8-9-16(20)4;1-6-17(7-2)18-9-8-10-19-21(18)23-14-24(5)22(19)20-13-15(3)11-12-16(20)4;1-14(2)10-17-8-9-20-19(12-17)21(23(5)13-22-20)18-11-15(3)6-7-16(18)4/h3*8-14,17H,6-7H2,1-5H3;6-9,11-14H,10H2,1-5H3/q4*+1. The van der Waals surface area contributed by atoms with E-state index in [1.165, 1.54) is 159 Å². The largest absolute Gasteiger partial charge is 0.287 e. The number of para-hydroxylation sites is 1. The predicted molar refractivity (Wildman–Crippen MR) is 400 cm³/mol. The maximum absolute atomic E-state index is 4.80. The molecule has 95 heavy (non-hydrogen) atoms. The molecule has 490 valence electrons. The molecule has 12 aromatic rings. The van der Waals surface area contributed by atoms with Gasteiger partial charge in [-0.25, -0.2) is 18.3 Å². The van der Waals surface area contributed by atoms with Crippen LogP contribution in [0.1, 0.15) is 178 Å². The second kappa shape index (κ2) is 31.6. The Morgan fingerprint density at radius 3 is 1.13 bits per heavy atom. The molecule has 8 heteroatoms. The van der Waals surface area contributed by atoms with Crippen LogP contribution < -0.4 is 18.3 Å². The molecule has 0 aliphatic heterocycles. The molecule has 0 unspecified atom stereocenters. The summed E-state index contributed by atoms with van der Waals surface area (Å²) in [7, 11) is 8.34. The van der Waals surface area contributed by atoms with Gasteiger partial charge in [0.05, 0.1) is 49.7 Å². The molecule has 0 aliphatic carbocycles. The molecule has 0 atom stereocenters. The summed E-state index contributed by atoms with van der Waals surface area (Å²) in [6, 6.07) is 53.6. The van der Waals surface area contributed by atoms with Crippen LogP contribution in [0.15, 0.2) is 171 Å². The van der Waals surface area contributed by atoms with Gasteiger partial charge < -0.3 is 0 Å². The molecule has 0 saturated carbocycles. The van der Waals surface area contributed by atoms with E-state index in [0.29, 0.717) is 23.7 Å². The zero-order valence-electron chi connectivity index (χ0n) is 61.0. The summed E-state index contributed by atoms with van der Waals surface area (Å²) in [6.07, 6.45) is 15.8. The third-order valence-electron chi connectivity index (χ3n) is 19.6.